The van der Waals surface area contributed by atoms with Crippen LogP contribution in [0.1, 0.15) is 27.7 Å². The summed E-state index contributed by atoms with van der Waals surface area (Å²) in [5, 5.41) is 7.77. The van der Waals surface area contributed by atoms with E-state index in [9.17, 15) is 4.79 Å². The van der Waals surface area contributed by atoms with Crippen molar-refractivity contribution < 1.29 is 4.79 Å². The number of amides is 1. The van der Waals surface area contributed by atoms with Crippen LogP contribution in [0.25, 0.3) is 0 Å². The van der Waals surface area contributed by atoms with E-state index in [2.05, 4.69) is 15.7 Å². The first-order valence-corrected chi connectivity index (χ1v) is 8.06. The Morgan fingerprint density at radius 1 is 1.50 bits per heavy atom. The fourth-order valence-electron chi connectivity index (χ4n) is 1.61. The van der Waals surface area contributed by atoms with E-state index in [4.69, 9.17) is 5.73 Å². The Morgan fingerprint density at radius 2 is 2.25 bits per heavy atom. The van der Waals surface area contributed by atoms with Gasteiger partial charge in [0.15, 0.2) is 5.13 Å². The summed E-state index contributed by atoms with van der Waals surface area (Å²) in [4.78, 5) is 18.8. The van der Waals surface area contributed by atoms with Crippen LogP contribution >= 0.6 is 22.7 Å². The molecule has 2 heterocycles. The third kappa shape index (κ3) is 3.10. The lowest BCUT2D eigenvalue weighted by molar-refractivity contribution is 0.0955. The molecule has 108 valence electrons. The minimum atomic E-state index is -0.165. The second-order valence-electron chi connectivity index (χ2n) is 4.49. The van der Waals surface area contributed by atoms with Crippen molar-refractivity contribution >= 4 is 39.5 Å². The normalized spacial score (nSPS) is 10.6. The highest BCUT2D eigenvalue weighted by molar-refractivity contribution is 7.18. The first-order chi connectivity index (χ1) is 9.52. The molecule has 3 N–H and O–H groups in total. The van der Waals surface area contributed by atoms with Gasteiger partial charge in [-0.05, 0) is 35.7 Å². The van der Waals surface area contributed by atoms with Gasteiger partial charge in [-0.2, -0.15) is 11.3 Å². The van der Waals surface area contributed by atoms with Crippen LogP contribution in [0.4, 0.5) is 10.9 Å². The second kappa shape index (κ2) is 6.23. The lowest BCUT2D eigenvalue weighted by atomic mass is 10.2. The predicted molar refractivity (Wildman–Crippen MR) is 85.7 cm³/mol. The molecule has 2 rings (SSSR count). The molecule has 5 nitrogen and oxygen atoms in total. The number of rotatable bonds is 5. The van der Waals surface area contributed by atoms with E-state index in [0.717, 1.165) is 17.2 Å². The van der Waals surface area contributed by atoms with E-state index in [1.54, 1.807) is 11.3 Å². The summed E-state index contributed by atoms with van der Waals surface area (Å²) in [6, 6.07) is 0. The van der Waals surface area contributed by atoms with Crippen LogP contribution in [-0.2, 0) is 6.54 Å². The molecule has 0 aromatic carbocycles. The van der Waals surface area contributed by atoms with Gasteiger partial charge in [0.25, 0.3) is 5.91 Å². The van der Waals surface area contributed by atoms with E-state index >= 15 is 0 Å². The Hall–Kier alpha value is -1.60. The lowest BCUT2D eigenvalue weighted by Crippen LogP contribution is -2.22. The molecule has 0 spiro atoms. The molecule has 20 heavy (non-hydrogen) atoms. The van der Waals surface area contributed by atoms with Crippen LogP contribution in [0.2, 0.25) is 0 Å². The Bertz CT molecular complexity index is 605. The number of thiazole rings is 1. The Morgan fingerprint density at radius 3 is 2.85 bits per heavy atom. The smallest absolute Gasteiger partial charge is 0.265 e. The summed E-state index contributed by atoms with van der Waals surface area (Å²) in [5.74, 6) is 0.131. The zero-order valence-electron chi connectivity index (χ0n) is 11.8. The molecular weight excluding hydrogens is 292 g/mol. The van der Waals surface area contributed by atoms with E-state index in [1.807, 2.05) is 31.2 Å². The molecule has 0 aliphatic rings. The third-order valence-electron chi connectivity index (χ3n) is 3.05. The molecule has 0 aliphatic heterocycles. The standard InChI is InChI=1S/C13H18N4OS2/c1-4-17(3)13-16-11(14)10(20-13)12(18)15-5-9-7-19-6-8(9)2/h6-7H,4-5,14H2,1-3H3,(H,15,18). The second-order valence-corrected chi connectivity index (χ2v) is 6.21. The number of nitrogens with one attached hydrogen (secondary N) is 1. The van der Waals surface area contributed by atoms with Gasteiger partial charge in [-0.1, -0.05) is 11.3 Å². The number of aromatic nitrogens is 1. The highest BCUT2D eigenvalue weighted by atomic mass is 32.1. The van der Waals surface area contributed by atoms with E-state index in [0.29, 0.717) is 17.2 Å². The summed E-state index contributed by atoms with van der Waals surface area (Å²) in [6.07, 6.45) is 0. The zero-order valence-corrected chi connectivity index (χ0v) is 13.4. The van der Waals surface area contributed by atoms with Crippen LogP contribution in [0, 0.1) is 6.92 Å². The molecule has 1 amide bonds. The zero-order chi connectivity index (χ0) is 14.7. The van der Waals surface area contributed by atoms with E-state index < -0.39 is 0 Å². The number of carbonyl (C=O) groups excluding carboxylic acids is 1. The van der Waals surface area contributed by atoms with Gasteiger partial charge in [-0.25, -0.2) is 4.98 Å². The molecule has 2 aromatic rings. The number of aryl methyl sites for hydroxylation is 1. The maximum absolute atomic E-state index is 12.2. The van der Waals surface area contributed by atoms with Crippen LogP contribution in [0.3, 0.4) is 0 Å². The van der Waals surface area contributed by atoms with Gasteiger partial charge in [-0.15, -0.1) is 0 Å². The largest absolute Gasteiger partial charge is 0.382 e. The van der Waals surface area contributed by atoms with Gasteiger partial charge in [0.05, 0.1) is 0 Å². The summed E-state index contributed by atoms with van der Waals surface area (Å²) >= 11 is 2.96. The van der Waals surface area contributed by atoms with Crippen molar-refractivity contribution in [2.24, 2.45) is 0 Å². The fraction of sp³-hybridized carbons (Fsp3) is 0.385. The van der Waals surface area contributed by atoms with Crippen molar-refractivity contribution in [3.05, 3.63) is 26.8 Å². The van der Waals surface area contributed by atoms with E-state index in [1.165, 1.54) is 16.9 Å². The molecular formula is C13H18N4OS2. The molecule has 0 fully saturated rings. The summed E-state index contributed by atoms with van der Waals surface area (Å²) in [6.45, 7) is 5.40. The van der Waals surface area contributed by atoms with Gasteiger partial charge in [0.2, 0.25) is 0 Å². The summed E-state index contributed by atoms with van der Waals surface area (Å²) in [5.41, 5.74) is 8.16. The fourth-order valence-corrected chi connectivity index (χ4v) is 3.39. The van der Waals surface area contributed by atoms with Crippen molar-refractivity contribution in [2.75, 3.05) is 24.2 Å². The first kappa shape index (κ1) is 14.8. The quantitative estimate of drug-likeness (QED) is 0.890. The molecule has 0 unspecified atom stereocenters. The van der Waals surface area contributed by atoms with Crippen molar-refractivity contribution in [3.63, 3.8) is 0 Å². The van der Waals surface area contributed by atoms with Crippen molar-refractivity contribution in [1.29, 1.82) is 0 Å². The number of carbonyl (C=O) groups is 1. The predicted octanol–water partition coefficient (Wildman–Crippen LogP) is 2.48. The van der Waals surface area contributed by atoms with Crippen LogP contribution in [0.5, 0.6) is 0 Å². The average molecular weight is 310 g/mol. The van der Waals surface area contributed by atoms with Gasteiger partial charge >= 0.3 is 0 Å². The Balaban J connectivity index is 2.06. The monoisotopic (exact) mass is 310 g/mol. The summed E-state index contributed by atoms with van der Waals surface area (Å²) in [7, 11) is 1.93. The number of thiophene rings is 1. The van der Waals surface area contributed by atoms with E-state index in [-0.39, 0.29) is 5.91 Å². The van der Waals surface area contributed by atoms with Crippen molar-refractivity contribution in [1.82, 2.24) is 10.3 Å². The molecule has 0 saturated carbocycles. The van der Waals surface area contributed by atoms with Crippen molar-refractivity contribution in [3.8, 4) is 0 Å². The third-order valence-corrected chi connectivity index (χ3v) is 5.14. The van der Waals surface area contributed by atoms with Crippen molar-refractivity contribution in [2.45, 2.75) is 20.4 Å². The molecule has 0 saturated heterocycles. The molecule has 0 aliphatic carbocycles. The Labute approximate surface area is 126 Å². The summed E-state index contributed by atoms with van der Waals surface area (Å²) < 4.78 is 0. The maximum Gasteiger partial charge on any atom is 0.265 e. The molecule has 2 aromatic heterocycles. The maximum atomic E-state index is 12.2. The highest BCUT2D eigenvalue weighted by Crippen LogP contribution is 2.27. The average Bonchev–Trinajstić information content (AvgIpc) is 3.01. The van der Waals surface area contributed by atoms with Gasteiger partial charge in [0.1, 0.15) is 10.7 Å². The number of anilines is 2. The minimum Gasteiger partial charge on any atom is -0.382 e. The van der Waals surface area contributed by atoms with Gasteiger partial charge in [-0.3, -0.25) is 4.79 Å². The van der Waals surface area contributed by atoms with Gasteiger partial charge < -0.3 is 16.0 Å². The van der Waals surface area contributed by atoms with Crippen LogP contribution in [-0.4, -0.2) is 24.5 Å². The van der Waals surface area contributed by atoms with Crippen LogP contribution < -0.4 is 16.0 Å². The topological polar surface area (TPSA) is 71.2 Å². The number of nitrogens with two attached hydrogens (primary N) is 1. The van der Waals surface area contributed by atoms with Gasteiger partial charge in [0, 0.05) is 20.1 Å². The molecule has 0 atom stereocenters. The number of nitrogens with zero attached hydrogens (tertiary/aromatic N) is 2. The number of nitrogen functional groups attached to an aromatic ring is 1. The molecule has 7 heteroatoms. The minimum absolute atomic E-state index is 0.165. The Kier molecular flexibility index (Phi) is 4.61. The molecule has 0 bridgehead atoms. The highest BCUT2D eigenvalue weighted by Gasteiger charge is 2.17. The van der Waals surface area contributed by atoms with Crippen LogP contribution in [0.15, 0.2) is 10.8 Å². The first-order valence-electron chi connectivity index (χ1n) is 6.30. The number of hydrogen-bond acceptors (Lipinski definition) is 6. The molecule has 0 radical (unpaired) electrons. The number of hydrogen-bond donors (Lipinski definition) is 2. The SMILES string of the molecule is CCN(C)c1nc(N)c(C(=O)NCc2cscc2C)s1. The lowest BCUT2D eigenvalue weighted by Gasteiger charge is -2.10.